The minimum atomic E-state index is -3.70. The molecule has 0 unspecified atom stereocenters. The van der Waals surface area contributed by atoms with Crippen molar-refractivity contribution in [1.82, 2.24) is 9.88 Å². The van der Waals surface area contributed by atoms with Crippen LogP contribution < -0.4 is 0 Å². The fourth-order valence-electron chi connectivity index (χ4n) is 5.16. The summed E-state index contributed by atoms with van der Waals surface area (Å²) in [6, 6.07) is 1.42. The van der Waals surface area contributed by atoms with Crippen LogP contribution in [0.1, 0.15) is 42.5 Å². The summed E-state index contributed by atoms with van der Waals surface area (Å²) in [6.45, 7) is -0.323. The largest absolute Gasteiger partial charge is 0.364 e. The van der Waals surface area contributed by atoms with E-state index in [2.05, 4.69) is 11.1 Å². The van der Waals surface area contributed by atoms with Crippen LogP contribution in [-0.4, -0.2) is 76.5 Å². The third kappa shape index (κ3) is 5.40. The van der Waals surface area contributed by atoms with E-state index in [4.69, 9.17) is 18.4 Å². The number of rotatable bonds is 13. The number of nitrogens with zero attached hydrogens (tertiary/aromatic N) is 2. The number of aromatic nitrogens is 1. The summed E-state index contributed by atoms with van der Waals surface area (Å²) >= 11 is 0. The van der Waals surface area contributed by atoms with Crippen molar-refractivity contribution in [1.29, 1.82) is 0 Å². The topological polar surface area (TPSA) is 104 Å². The van der Waals surface area contributed by atoms with Crippen LogP contribution in [0.2, 0.25) is 0 Å². The minimum Gasteiger partial charge on any atom is -0.364 e. The lowest BCUT2D eigenvalue weighted by atomic mass is 9.78. The monoisotopic (exact) mass is 482 g/mol. The van der Waals surface area contributed by atoms with E-state index < -0.39 is 21.8 Å². The maximum Gasteiger partial charge on any atom is 0.264 e. The molecular formula is C23H34N2O7S. The summed E-state index contributed by atoms with van der Waals surface area (Å²) in [4.78, 5) is 19.4. The SMILES string of the molecule is COCO[C@@]1(Cc2nccc3c2C[C@H](CCC2CC2)C3)C(=O)N(COC)[C@H]1COS(C)(=O)=O. The lowest BCUT2D eigenvalue weighted by Gasteiger charge is -2.54. The van der Waals surface area contributed by atoms with Gasteiger partial charge >= 0.3 is 0 Å². The summed E-state index contributed by atoms with van der Waals surface area (Å²) in [6.07, 6.45) is 10.2. The molecule has 0 bridgehead atoms. The van der Waals surface area contributed by atoms with Crippen LogP contribution in [0.25, 0.3) is 0 Å². The van der Waals surface area contributed by atoms with Crippen LogP contribution in [0.15, 0.2) is 12.3 Å². The van der Waals surface area contributed by atoms with Crippen molar-refractivity contribution in [3.63, 3.8) is 0 Å². The number of pyridine rings is 1. The molecule has 1 saturated heterocycles. The number of hydrogen-bond acceptors (Lipinski definition) is 8. The van der Waals surface area contributed by atoms with Gasteiger partial charge in [0.1, 0.15) is 13.5 Å². The minimum absolute atomic E-state index is 0.0122. The maximum atomic E-state index is 13.3. The second kappa shape index (κ2) is 9.95. The zero-order valence-electron chi connectivity index (χ0n) is 19.6. The second-order valence-electron chi connectivity index (χ2n) is 9.50. The Morgan fingerprint density at radius 3 is 2.58 bits per heavy atom. The molecule has 4 rings (SSSR count). The van der Waals surface area contributed by atoms with Gasteiger partial charge in [-0.25, -0.2) is 0 Å². The summed E-state index contributed by atoms with van der Waals surface area (Å²) in [7, 11) is -0.743. The molecule has 184 valence electrons. The van der Waals surface area contributed by atoms with Gasteiger partial charge < -0.3 is 19.1 Å². The molecule has 1 aliphatic heterocycles. The van der Waals surface area contributed by atoms with E-state index in [1.165, 1.54) is 55.9 Å². The Balaban J connectivity index is 1.57. The first-order valence-corrected chi connectivity index (χ1v) is 13.3. The van der Waals surface area contributed by atoms with Gasteiger partial charge in [-0.2, -0.15) is 8.42 Å². The molecule has 1 aromatic heterocycles. The maximum absolute atomic E-state index is 13.3. The highest BCUT2D eigenvalue weighted by Crippen LogP contribution is 2.42. The highest BCUT2D eigenvalue weighted by Gasteiger charge is 2.62. The molecule has 2 fully saturated rings. The molecule has 0 spiro atoms. The van der Waals surface area contributed by atoms with E-state index in [0.29, 0.717) is 5.92 Å². The van der Waals surface area contributed by atoms with Crippen molar-refractivity contribution >= 4 is 16.0 Å². The molecule has 2 heterocycles. The molecule has 3 atom stereocenters. The molecule has 1 amide bonds. The number of hydrogen-bond donors (Lipinski definition) is 0. The van der Waals surface area contributed by atoms with Crippen LogP contribution in [-0.2, 0) is 52.6 Å². The molecule has 0 radical (unpaired) electrons. The van der Waals surface area contributed by atoms with Crippen molar-refractivity contribution in [2.24, 2.45) is 11.8 Å². The van der Waals surface area contributed by atoms with Crippen molar-refractivity contribution in [2.45, 2.75) is 56.6 Å². The number of amides is 1. The van der Waals surface area contributed by atoms with E-state index in [9.17, 15) is 13.2 Å². The summed E-state index contributed by atoms with van der Waals surface area (Å²) < 4.78 is 44.7. The van der Waals surface area contributed by atoms with E-state index in [0.717, 1.165) is 30.7 Å². The first-order chi connectivity index (χ1) is 15.8. The molecule has 3 aliphatic rings. The zero-order valence-corrected chi connectivity index (χ0v) is 20.4. The summed E-state index contributed by atoms with van der Waals surface area (Å²) in [5.41, 5.74) is 1.98. The van der Waals surface area contributed by atoms with Crippen LogP contribution >= 0.6 is 0 Å². The molecule has 9 nitrogen and oxygen atoms in total. The molecule has 2 aliphatic carbocycles. The Bertz CT molecular complexity index is 966. The zero-order chi connectivity index (χ0) is 23.6. The van der Waals surface area contributed by atoms with Crippen LogP contribution in [0.4, 0.5) is 0 Å². The average Bonchev–Trinajstić information content (AvgIpc) is 3.51. The molecule has 0 aromatic carbocycles. The van der Waals surface area contributed by atoms with E-state index in [1.807, 2.05) is 0 Å². The molecule has 0 N–H and O–H groups in total. The Kier molecular flexibility index (Phi) is 7.40. The predicted molar refractivity (Wildman–Crippen MR) is 120 cm³/mol. The van der Waals surface area contributed by atoms with Crippen molar-refractivity contribution in [3.8, 4) is 0 Å². The fraction of sp³-hybridized carbons (Fsp3) is 0.739. The predicted octanol–water partition coefficient (Wildman–Crippen LogP) is 1.68. The van der Waals surface area contributed by atoms with Crippen LogP contribution in [0, 0.1) is 11.8 Å². The lowest BCUT2D eigenvalue weighted by molar-refractivity contribution is -0.236. The lowest BCUT2D eigenvalue weighted by Crippen LogP contribution is -2.77. The molecule has 10 heteroatoms. The van der Waals surface area contributed by atoms with Crippen LogP contribution in [0.3, 0.4) is 0 Å². The smallest absolute Gasteiger partial charge is 0.264 e. The van der Waals surface area contributed by atoms with Gasteiger partial charge in [0.2, 0.25) is 0 Å². The first kappa shape index (κ1) is 24.5. The van der Waals surface area contributed by atoms with Crippen LogP contribution in [0.5, 0.6) is 0 Å². The second-order valence-corrected chi connectivity index (χ2v) is 11.1. The third-order valence-corrected chi connectivity index (χ3v) is 7.60. The normalized spacial score (nSPS) is 27.0. The molecule has 1 aromatic rings. The van der Waals surface area contributed by atoms with Gasteiger partial charge in [0.15, 0.2) is 5.60 Å². The Morgan fingerprint density at radius 2 is 1.91 bits per heavy atom. The quantitative estimate of drug-likeness (QED) is 0.238. The standard InChI is InChI=1S/C23H34N2O7S/c1-29-14-25-21(13-32-33(3,27)28)23(22(25)26,31-15-30-2)12-20-19-11-17(7-6-16-4-5-16)10-18(19)8-9-24-20/h8-9,16-17,21H,4-7,10-15H2,1-3H3/t17-,21+,23-/m1/s1. The van der Waals surface area contributed by atoms with Gasteiger partial charge in [-0.3, -0.25) is 14.0 Å². The summed E-state index contributed by atoms with van der Waals surface area (Å²) in [5, 5.41) is 0. The number of carbonyl (C=O) groups excluding carboxylic acids is 1. The van der Waals surface area contributed by atoms with E-state index >= 15 is 0 Å². The molecule has 1 saturated carbocycles. The van der Waals surface area contributed by atoms with Crippen molar-refractivity contribution in [2.75, 3.05) is 40.6 Å². The van der Waals surface area contributed by atoms with Crippen molar-refractivity contribution < 1.29 is 31.6 Å². The number of likely N-dealkylation sites (tertiary alicyclic amines) is 1. The van der Waals surface area contributed by atoms with Gasteiger partial charge in [-0.05, 0) is 48.3 Å². The fourth-order valence-corrected chi connectivity index (χ4v) is 5.53. The molecular weight excluding hydrogens is 448 g/mol. The van der Waals surface area contributed by atoms with E-state index in [-0.39, 0.29) is 32.5 Å². The van der Waals surface area contributed by atoms with Gasteiger partial charge in [0.25, 0.3) is 16.0 Å². The van der Waals surface area contributed by atoms with E-state index in [1.54, 1.807) is 6.20 Å². The third-order valence-electron chi connectivity index (χ3n) is 7.03. The number of fused-ring (bicyclic) bond motifs is 1. The average molecular weight is 483 g/mol. The highest BCUT2D eigenvalue weighted by molar-refractivity contribution is 7.85. The van der Waals surface area contributed by atoms with Gasteiger partial charge in [0.05, 0.1) is 18.9 Å². The first-order valence-electron chi connectivity index (χ1n) is 11.5. The Hall–Kier alpha value is -1.59. The van der Waals surface area contributed by atoms with Crippen molar-refractivity contribution in [3.05, 3.63) is 29.1 Å². The number of β-lactam (4-membered cyclic amide) rings is 1. The van der Waals surface area contributed by atoms with Gasteiger partial charge in [-0.15, -0.1) is 0 Å². The highest BCUT2D eigenvalue weighted by atomic mass is 32.2. The molecule has 33 heavy (non-hydrogen) atoms. The number of ether oxygens (including phenoxy) is 3. The summed E-state index contributed by atoms with van der Waals surface area (Å²) in [5.74, 6) is 1.23. The van der Waals surface area contributed by atoms with Gasteiger partial charge in [0, 0.05) is 32.5 Å². The Morgan fingerprint density at radius 1 is 1.15 bits per heavy atom. The number of methoxy groups -OCH3 is 2. The number of carbonyl (C=O) groups is 1. The van der Waals surface area contributed by atoms with Gasteiger partial charge in [-0.1, -0.05) is 19.3 Å². The Labute approximate surface area is 195 Å².